The van der Waals surface area contributed by atoms with E-state index in [1.165, 1.54) is 6.20 Å². The van der Waals surface area contributed by atoms with Gasteiger partial charge in [-0.2, -0.15) is 0 Å². The predicted octanol–water partition coefficient (Wildman–Crippen LogP) is 0.0936. The molecule has 2 N–H and O–H groups in total. The van der Waals surface area contributed by atoms with Gasteiger partial charge in [-0.05, 0) is 13.0 Å². The van der Waals surface area contributed by atoms with Crippen LogP contribution in [0.2, 0.25) is 0 Å². The van der Waals surface area contributed by atoms with E-state index in [9.17, 15) is 8.42 Å². The lowest BCUT2D eigenvalue weighted by Crippen LogP contribution is -2.31. The van der Waals surface area contributed by atoms with Crippen LogP contribution in [0.1, 0.15) is 19.1 Å². The fraction of sp³-hybridized carbons (Fsp3) is 0.667. The fourth-order valence-electron chi connectivity index (χ4n) is 1.09. The molecule has 1 aromatic rings. The number of nitrogens with one attached hydrogen (secondary N) is 2. The molecule has 0 spiro atoms. The largest absolute Gasteiger partial charge is 0.360 e. The van der Waals surface area contributed by atoms with Crippen molar-refractivity contribution in [3.05, 3.63) is 18.0 Å². The zero-order valence-corrected chi connectivity index (χ0v) is 10.1. The van der Waals surface area contributed by atoms with Crippen LogP contribution >= 0.6 is 0 Å². The Hall–Kier alpha value is -0.920. The van der Waals surface area contributed by atoms with Gasteiger partial charge in [0.1, 0.15) is 0 Å². The van der Waals surface area contributed by atoms with Gasteiger partial charge in [0, 0.05) is 12.6 Å². The Morgan fingerprint density at radius 1 is 1.44 bits per heavy atom. The Bertz CT molecular complexity index is 375. The van der Waals surface area contributed by atoms with Crippen LogP contribution in [0.3, 0.4) is 0 Å². The van der Waals surface area contributed by atoms with Crippen LogP contribution in [0.15, 0.2) is 16.8 Å². The molecule has 92 valence electrons. The first-order valence-electron chi connectivity index (χ1n) is 5.21. The van der Waals surface area contributed by atoms with E-state index in [0.29, 0.717) is 12.3 Å². The molecule has 7 heteroatoms. The number of aromatic nitrogens is 1. The van der Waals surface area contributed by atoms with Gasteiger partial charge in [-0.3, -0.25) is 0 Å². The predicted molar refractivity (Wildman–Crippen MR) is 60.3 cm³/mol. The second-order valence-corrected chi connectivity index (χ2v) is 5.30. The van der Waals surface area contributed by atoms with E-state index in [4.69, 9.17) is 4.52 Å². The lowest BCUT2D eigenvalue weighted by atomic mass is 10.5. The van der Waals surface area contributed by atoms with Gasteiger partial charge in [0.15, 0.2) is 5.76 Å². The number of sulfonamides is 1. The van der Waals surface area contributed by atoms with Crippen LogP contribution in [0, 0.1) is 0 Å². The average molecular weight is 247 g/mol. The monoisotopic (exact) mass is 247 g/mol. The lowest BCUT2D eigenvalue weighted by Gasteiger charge is -2.05. The van der Waals surface area contributed by atoms with Crippen molar-refractivity contribution in [2.45, 2.75) is 19.9 Å². The highest BCUT2D eigenvalue weighted by atomic mass is 32.2. The van der Waals surface area contributed by atoms with Gasteiger partial charge in [0.05, 0.1) is 18.5 Å². The summed E-state index contributed by atoms with van der Waals surface area (Å²) in [6.07, 6.45) is 2.47. The summed E-state index contributed by atoms with van der Waals surface area (Å²) in [7, 11) is -3.24. The van der Waals surface area contributed by atoms with E-state index in [1.807, 2.05) is 6.92 Å². The summed E-state index contributed by atoms with van der Waals surface area (Å²) in [5.74, 6) is 0.575. The van der Waals surface area contributed by atoms with Gasteiger partial charge in [-0.1, -0.05) is 12.1 Å². The molecule has 0 aliphatic heterocycles. The van der Waals surface area contributed by atoms with E-state index in [1.54, 1.807) is 6.07 Å². The second kappa shape index (κ2) is 6.62. The minimum Gasteiger partial charge on any atom is -0.360 e. The zero-order chi connectivity index (χ0) is 11.9. The Kier molecular flexibility index (Phi) is 5.44. The molecule has 0 aliphatic carbocycles. The molecule has 0 unspecified atom stereocenters. The van der Waals surface area contributed by atoms with E-state index in [-0.39, 0.29) is 12.3 Å². The molecule has 16 heavy (non-hydrogen) atoms. The smallest absolute Gasteiger partial charge is 0.213 e. The topological polar surface area (TPSA) is 84.2 Å². The van der Waals surface area contributed by atoms with Crippen molar-refractivity contribution in [3.8, 4) is 0 Å². The summed E-state index contributed by atoms with van der Waals surface area (Å²) in [6, 6.07) is 1.62. The van der Waals surface area contributed by atoms with Crippen LogP contribution < -0.4 is 10.0 Å². The van der Waals surface area contributed by atoms with E-state index < -0.39 is 10.0 Å². The van der Waals surface area contributed by atoms with Crippen LogP contribution in [-0.4, -0.2) is 32.4 Å². The molecule has 0 fully saturated rings. The standard InChI is InChI=1S/C9H17N3O3S/c1-2-4-10-6-7-16(13,14)12-8-9-3-5-11-15-9/h3,5,10,12H,2,4,6-8H2,1H3. The maximum Gasteiger partial charge on any atom is 0.213 e. The molecule has 0 aliphatic rings. The van der Waals surface area contributed by atoms with Crippen LogP contribution in [0.5, 0.6) is 0 Å². The van der Waals surface area contributed by atoms with Crippen LogP contribution in [-0.2, 0) is 16.6 Å². The van der Waals surface area contributed by atoms with Crippen molar-refractivity contribution in [1.82, 2.24) is 15.2 Å². The third kappa shape index (κ3) is 5.24. The molecule has 0 saturated carbocycles. The molecule has 0 aromatic carbocycles. The Morgan fingerprint density at radius 3 is 2.88 bits per heavy atom. The molecule has 1 heterocycles. The van der Waals surface area contributed by atoms with E-state index in [2.05, 4.69) is 15.2 Å². The number of nitrogens with zero attached hydrogens (tertiary/aromatic N) is 1. The highest BCUT2D eigenvalue weighted by Gasteiger charge is 2.10. The highest BCUT2D eigenvalue weighted by molar-refractivity contribution is 7.89. The van der Waals surface area contributed by atoms with Gasteiger partial charge in [-0.15, -0.1) is 0 Å². The SMILES string of the molecule is CCCNCCS(=O)(=O)NCc1ccno1. The van der Waals surface area contributed by atoms with Crippen molar-refractivity contribution in [1.29, 1.82) is 0 Å². The first-order chi connectivity index (χ1) is 7.64. The molecule has 0 radical (unpaired) electrons. The highest BCUT2D eigenvalue weighted by Crippen LogP contribution is 1.96. The summed E-state index contributed by atoms with van der Waals surface area (Å²) >= 11 is 0. The van der Waals surface area contributed by atoms with Gasteiger partial charge >= 0.3 is 0 Å². The van der Waals surface area contributed by atoms with Gasteiger partial charge in [0.25, 0.3) is 0 Å². The van der Waals surface area contributed by atoms with E-state index >= 15 is 0 Å². The average Bonchev–Trinajstić information content (AvgIpc) is 2.75. The second-order valence-electron chi connectivity index (χ2n) is 3.37. The third-order valence-electron chi connectivity index (χ3n) is 1.93. The Morgan fingerprint density at radius 2 is 2.25 bits per heavy atom. The number of rotatable bonds is 8. The van der Waals surface area contributed by atoms with Crippen molar-refractivity contribution >= 4 is 10.0 Å². The van der Waals surface area contributed by atoms with Gasteiger partial charge in [-0.25, -0.2) is 13.1 Å². The molecule has 0 saturated heterocycles. The Balaban J connectivity index is 2.23. The van der Waals surface area contributed by atoms with Crippen molar-refractivity contribution in [2.24, 2.45) is 0 Å². The molecule has 1 aromatic heterocycles. The first kappa shape index (κ1) is 13.1. The first-order valence-corrected chi connectivity index (χ1v) is 6.87. The molecule has 6 nitrogen and oxygen atoms in total. The number of hydrogen-bond donors (Lipinski definition) is 2. The van der Waals surface area contributed by atoms with Gasteiger partial charge in [0.2, 0.25) is 10.0 Å². The van der Waals surface area contributed by atoms with E-state index in [0.717, 1.165) is 13.0 Å². The van der Waals surface area contributed by atoms with Crippen molar-refractivity contribution in [2.75, 3.05) is 18.8 Å². The lowest BCUT2D eigenvalue weighted by molar-refractivity contribution is 0.380. The summed E-state index contributed by atoms with van der Waals surface area (Å²) in [5, 5.41) is 6.52. The Labute approximate surface area is 95.4 Å². The van der Waals surface area contributed by atoms with Gasteiger partial charge < -0.3 is 9.84 Å². The maximum atomic E-state index is 11.5. The maximum absolute atomic E-state index is 11.5. The minimum absolute atomic E-state index is 0.0706. The van der Waals surface area contributed by atoms with Crippen LogP contribution in [0.4, 0.5) is 0 Å². The third-order valence-corrected chi connectivity index (χ3v) is 3.26. The van der Waals surface area contributed by atoms with Crippen molar-refractivity contribution < 1.29 is 12.9 Å². The number of hydrogen-bond acceptors (Lipinski definition) is 5. The molecule has 0 amide bonds. The summed E-state index contributed by atoms with van der Waals surface area (Å²) in [5.41, 5.74) is 0. The molecular formula is C9H17N3O3S. The molecule has 0 bridgehead atoms. The fourth-order valence-corrected chi connectivity index (χ4v) is 2.01. The summed E-state index contributed by atoms with van der Waals surface area (Å²) < 4.78 is 30.2. The molecule has 0 atom stereocenters. The quantitative estimate of drug-likeness (QED) is 0.636. The zero-order valence-electron chi connectivity index (χ0n) is 9.27. The van der Waals surface area contributed by atoms with Crippen LogP contribution in [0.25, 0.3) is 0 Å². The summed E-state index contributed by atoms with van der Waals surface area (Å²) in [6.45, 7) is 3.47. The molecular weight excluding hydrogens is 230 g/mol. The minimum atomic E-state index is -3.24. The molecule has 1 rings (SSSR count). The summed E-state index contributed by atoms with van der Waals surface area (Å²) in [4.78, 5) is 0. The van der Waals surface area contributed by atoms with Crippen molar-refractivity contribution in [3.63, 3.8) is 0 Å². The normalized spacial score (nSPS) is 11.8.